The molecule has 3 N–H and O–H groups in total. The third-order valence-corrected chi connectivity index (χ3v) is 3.67. The van der Waals surface area contributed by atoms with Crippen LogP contribution in [0, 0.1) is 5.92 Å². The highest BCUT2D eigenvalue weighted by Gasteiger charge is 2.18. The quantitative estimate of drug-likeness (QED) is 0.841. The molecule has 0 aliphatic carbocycles. The van der Waals surface area contributed by atoms with E-state index >= 15 is 0 Å². The van der Waals surface area contributed by atoms with Crippen LogP contribution in [0.4, 0.5) is 0 Å². The van der Waals surface area contributed by atoms with Crippen molar-refractivity contribution in [3.8, 4) is 0 Å². The Labute approximate surface area is 128 Å². The molecule has 0 fully saturated rings. The van der Waals surface area contributed by atoms with Crippen LogP contribution < -0.4 is 11.4 Å². The number of carboxylic acid groups (broad SMARTS) is 1. The highest BCUT2D eigenvalue weighted by Crippen LogP contribution is 2.17. The molecule has 118 valence electrons. The van der Waals surface area contributed by atoms with E-state index in [4.69, 9.17) is 15.3 Å². The van der Waals surface area contributed by atoms with Gasteiger partial charge in [-0.3, -0.25) is 4.79 Å². The Hall–Kier alpha value is -2.21. The normalized spacial score (nSPS) is 14.0. The number of aromatic nitrogens is 1. The van der Waals surface area contributed by atoms with E-state index in [-0.39, 0.29) is 5.92 Å². The first-order valence-corrected chi connectivity index (χ1v) is 7.32. The van der Waals surface area contributed by atoms with Crippen LogP contribution in [-0.2, 0) is 17.6 Å². The monoisotopic (exact) mass is 304 g/mol. The molecule has 0 saturated carbocycles. The highest BCUT2D eigenvalue weighted by molar-refractivity contribution is 5.80. The number of carboxylic acids is 1. The van der Waals surface area contributed by atoms with Crippen molar-refractivity contribution >= 4 is 16.9 Å². The number of aliphatic carboxylic acids is 1. The van der Waals surface area contributed by atoms with E-state index in [1.165, 1.54) is 0 Å². The van der Waals surface area contributed by atoms with Crippen LogP contribution in [0.3, 0.4) is 0 Å². The maximum Gasteiger partial charge on any atom is 0.347 e. The summed E-state index contributed by atoms with van der Waals surface area (Å²) in [6, 6.07) is 4.60. The van der Waals surface area contributed by atoms with Crippen LogP contribution in [0.25, 0.3) is 10.9 Å². The molecule has 2 aromatic rings. The number of rotatable bonds is 6. The lowest BCUT2D eigenvalue weighted by Crippen LogP contribution is -2.32. The minimum atomic E-state index is -1.03. The average Bonchev–Trinajstić information content (AvgIpc) is 2.45. The van der Waals surface area contributed by atoms with Crippen molar-refractivity contribution in [2.45, 2.75) is 39.2 Å². The first-order valence-electron chi connectivity index (χ1n) is 7.32. The molecule has 2 atom stereocenters. The topological polar surface area (TPSA) is 106 Å². The van der Waals surface area contributed by atoms with Crippen molar-refractivity contribution < 1.29 is 14.3 Å². The second-order valence-electron chi connectivity index (χ2n) is 5.55. The molecular weight excluding hydrogens is 284 g/mol. The van der Waals surface area contributed by atoms with Crippen LogP contribution in [0.1, 0.15) is 31.7 Å². The van der Waals surface area contributed by atoms with Gasteiger partial charge in [0, 0.05) is 6.42 Å². The summed E-state index contributed by atoms with van der Waals surface area (Å²) in [7, 11) is 0. The molecule has 0 aliphatic heterocycles. The number of benzene rings is 1. The standard InChI is InChI=1S/C16H20N2O4/c1-3-10-5-4-6-12-14(10)16(21)22-13(18-12)8-9(2)7-11(17)15(19)20/h4-6,9,11H,3,7-8,17H2,1-2H3,(H,19,20)/t9?,11-/m0/s1. The number of nitrogens with zero attached hydrogens (tertiary/aromatic N) is 1. The fourth-order valence-corrected chi connectivity index (χ4v) is 2.53. The summed E-state index contributed by atoms with van der Waals surface area (Å²) >= 11 is 0. The van der Waals surface area contributed by atoms with Crippen LogP contribution in [-0.4, -0.2) is 22.1 Å². The van der Waals surface area contributed by atoms with Crippen molar-refractivity contribution in [3.05, 3.63) is 40.1 Å². The molecule has 6 heteroatoms. The largest absolute Gasteiger partial charge is 0.480 e. The Morgan fingerprint density at radius 1 is 1.45 bits per heavy atom. The van der Waals surface area contributed by atoms with Crippen LogP contribution in [0.15, 0.2) is 27.4 Å². The highest BCUT2D eigenvalue weighted by atomic mass is 16.4. The first-order chi connectivity index (χ1) is 10.4. The number of aryl methyl sites for hydroxylation is 1. The minimum Gasteiger partial charge on any atom is -0.480 e. The summed E-state index contributed by atoms with van der Waals surface area (Å²) in [6.07, 6.45) is 1.41. The maximum absolute atomic E-state index is 12.2. The van der Waals surface area contributed by atoms with E-state index in [0.717, 1.165) is 12.0 Å². The van der Waals surface area contributed by atoms with Gasteiger partial charge in [0.15, 0.2) is 5.89 Å². The van der Waals surface area contributed by atoms with Gasteiger partial charge >= 0.3 is 11.6 Å². The van der Waals surface area contributed by atoms with Gasteiger partial charge in [-0.15, -0.1) is 0 Å². The summed E-state index contributed by atoms with van der Waals surface area (Å²) in [4.78, 5) is 27.3. The zero-order chi connectivity index (χ0) is 16.3. The molecule has 1 aromatic heterocycles. The number of hydrogen-bond donors (Lipinski definition) is 2. The third kappa shape index (κ3) is 3.51. The summed E-state index contributed by atoms with van der Waals surface area (Å²) in [5, 5.41) is 9.34. The van der Waals surface area contributed by atoms with Gasteiger partial charge in [-0.05, 0) is 30.4 Å². The maximum atomic E-state index is 12.2. The van der Waals surface area contributed by atoms with Crippen molar-refractivity contribution in [1.82, 2.24) is 4.98 Å². The number of fused-ring (bicyclic) bond motifs is 1. The lowest BCUT2D eigenvalue weighted by atomic mass is 9.99. The smallest absolute Gasteiger partial charge is 0.347 e. The molecule has 6 nitrogen and oxygen atoms in total. The zero-order valence-corrected chi connectivity index (χ0v) is 12.7. The van der Waals surface area contributed by atoms with Crippen molar-refractivity contribution in [2.75, 3.05) is 0 Å². The fraction of sp³-hybridized carbons (Fsp3) is 0.438. The van der Waals surface area contributed by atoms with E-state index in [2.05, 4.69) is 4.98 Å². The first kappa shape index (κ1) is 16.2. The lowest BCUT2D eigenvalue weighted by Gasteiger charge is -2.13. The van der Waals surface area contributed by atoms with E-state index in [0.29, 0.717) is 29.6 Å². The van der Waals surface area contributed by atoms with E-state index in [1.54, 1.807) is 6.07 Å². The van der Waals surface area contributed by atoms with Crippen LogP contribution in [0.2, 0.25) is 0 Å². The van der Waals surface area contributed by atoms with Crippen LogP contribution >= 0.6 is 0 Å². The van der Waals surface area contributed by atoms with Gasteiger partial charge in [-0.25, -0.2) is 9.78 Å². The third-order valence-electron chi connectivity index (χ3n) is 3.67. The molecule has 0 bridgehead atoms. The van der Waals surface area contributed by atoms with E-state index < -0.39 is 17.6 Å². The van der Waals surface area contributed by atoms with Crippen molar-refractivity contribution in [2.24, 2.45) is 11.7 Å². The Balaban J connectivity index is 2.27. The second-order valence-corrected chi connectivity index (χ2v) is 5.55. The molecule has 0 aliphatic rings. The number of hydrogen-bond acceptors (Lipinski definition) is 5. The average molecular weight is 304 g/mol. The Morgan fingerprint density at radius 3 is 2.82 bits per heavy atom. The summed E-state index contributed by atoms with van der Waals surface area (Å²) < 4.78 is 5.29. The molecule has 0 radical (unpaired) electrons. The van der Waals surface area contributed by atoms with Crippen LogP contribution in [0.5, 0.6) is 0 Å². The number of carbonyl (C=O) groups is 1. The number of nitrogens with two attached hydrogens (primary N) is 1. The van der Waals surface area contributed by atoms with Gasteiger partial charge in [0.2, 0.25) is 0 Å². The Bertz CT molecular complexity index is 738. The van der Waals surface area contributed by atoms with Gasteiger partial charge in [-0.1, -0.05) is 26.0 Å². The molecule has 1 heterocycles. The van der Waals surface area contributed by atoms with Gasteiger partial charge in [-0.2, -0.15) is 0 Å². The molecular formula is C16H20N2O4. The van der Waals surface area contributed by atoms with Gasteiger partial charge in [0.05, 0.1) is 10.9 Å². The molecule has 0 amide bonds. The SMILES string of the molecule is CCc1cccc2nc(CC(C)C[C@H](N)C(=O)O)oc(=O)c12. The zero-order valence-electron chi connectivity index (χ0n) is 12.7. The summed E-state index contributed by atoms with van der Waals surface area (Å²) in [6.45, 7) is 3.83. The van der Waals surface area contributed by atoms with E-state index in [9.17, 15) is 9.59 Å². The molecule has 0 saturated heterocycles. The predicted molar refractivity (Wildman–Crippen MR) is 82.8 cm³/mol. The lowest BCUT2D eigenvalue weighted by molar-refractivity contribution is -0.138. The predicted octanol–water partition coefficient (Wildman–Crippen LogP) is 1.73. The molecule has 22 heavy (non-hydrogen) atoms. The van der Waals surface area contributed by atoms with Crippen molar-refractivity contribution in [3.63, 3.8) is 0 Å². The van der Waals surface area contributed by atoms with Gasteiger partial charge in [0.25, 0.3) is 0 Å². The molecule has 2 rings (SSSR count). The van der Waals surface area contributed by atoms with E-state index in [1.807, 2.05) is 26.0 Å². The van der Waals surface area contributed by atoms with Crippen molar-refractivity contribution in [1.29, 1.82) is 0 Å². The Morgan fingerprint density at radius 2 is 2.18 bits per heavy atom. The second kappa shape index (κ2) is 6.70. The summed E-state index contributed by atoms with van der Waals surface area (Å²) in [5.74, 6) is -0.767. The fourth-order valence-electron chi connectivity index (χ4n) is 2.53. The molecule has 1 aromatic carbocycles. The minimum absolute atomic E-state index is 0.0476. The van der Waals surface area contributed by atoms with Gasteiger partial charge in [0.1, 0.15) is 6.04 Å². The Kier molecular flexibility index (Phi) is 4.92. The van der Waals surface area contributed by atoms with Gasteiger partial charge < -0.3 is 15.3 Å². The molecule has 1 unspecified atom stereocenters. The molecule has 0 spiro atoms. The summed E-state index contributed by atoms with van der Waals surface area (Å²) in [5.41, 5.74) is 6.64.